The highest BCUT2D eigenvalue weighted by molar-refractivity contribution is 9.10. The molecule has 4 aromatic rings. The maximum atomic E-state index is 12.7. The van der Waals surface area contributed by atoms with E-state index in [9.17, 15) is 14.7 Å². The lowest BCUT2D eigenvalue weighted by Crippen LogP contribution is -2.42. The average molecular weight is 625 g/mol. The Hall–Kier alpha value is -3.41. The second-order valence-electron chi connectivity index (χ2n) is 10.9. The van der Waals surface area contributed by atoms with Gasteiger partial charge in [0.1, 0.15) is 5.75 Å². The molecule has 1 fully saturated rings. The lowest BCUT2D eigenvalue weighted by Gasteiger charge is -2.33. The van der Waals surface area contributed by atoms with Gasteiger partial charge in [-0.05, 0) is 37.1 Å². The Kier molecular flexibility index (Phi) is 7.76. The molecule has 0 bridgehead atoms. The number of carbonyl (C=O) groups excluding carboxylic acids is 1. The first-order valence-electron chi connectivity index (χ1n) is 14.0. The third-order valence-corrected chi connectivity index (χ3v) is 8.82. The number of rotatable bonds is 7. The molecule has 4 heterocycles. The highest BCUT2D eigenvalue weighted by atomic mass is 79.9. The Morgan fingerprint density at radius 1 is 1.15 bits per heavy atom. The van der Waals surface area contributed by atoms with Gasteiger partial charge in [-0.25, -0.2) is 4.79 Å². The van der Waals surface area contributed by atoms with Crippen molar-refractivity contribution in [1.29, 1.82) is 0 Å². The molecular weight excluding hydrogens is 590 g/mol. The normalized spacial score (nSPS) is 17.1. The van der Waals surface area contributed by atoms with Crippen LogP contribution in [-0.4, -0.2) is 74.6 Å². The zero-order chi connectivity index (χ0) is 28.7. The van der Waals surface area contributed by atoms with Gasteiger partial charge in [0.15, 0.2) is 5.58 Å². The maximum Gasteiger partial charge on any atom is 0.420 e. The molecule has 41 heavy (non-hydrogen) atoms. The van der Waals surface area contributed by atoms with Gasteiger partial charge in [0, 0.05) is 79.5 Å². The van der Waals surface area contributed by atoms with Gasteiger partial charge < -0.3 is 24.1 Å². The average Bonchev–Trinajstić information content (AvgIpc) is 3.49. The first-order chi connectivity index (χ1) is 19.8. The predicted octanol–water partition coefficient (Wildman–Crippen LogP) is 3.83. The van der Waals surface area contributed by atoms with Gasteiger partial charge in [0.05, 0.1) is 31.0 Å². The van der Waals surface area contributed by atoms with Crippen LogP contribution in [0.5, 0.6) is 5.75 Å². The van der Waals surface area contributed by atoms with Crippen molar-refractivity contribution in [3.8, 4) is 17.0 Å². The van der Waals surface area contributed by atoms with E-state index in [4.69, 9.17) is 14.3 Å². The van der Waals surface area contributed by atoms with Crippen LogP contribution in [0.25, 0.3) is 22.4 Å². The molecule has 0 aliphatic carbocycles. The Morgan fingerprint density at radius 2 is 1.90 bits per heavy atom. The number of nitrogens with zero attached hydrogens (tertiary/aromatic N) is 5. The van der Waals surface area contributed by atoms with Crippen LogP contribution in [-0.2, 0) is 24.3 Å². The van der Waals surface area contributed by atoms with Crippen molar-refractivity contribution in [2.45, 2.75) is 51.4 Å². The number of fused-ring (bicyclic) bond motifs is 2. The highest BCUT2D eigenvalue weighted by Gasteiger charge is 2.29. The summed E-state index contributed by atoms with van der Waals surface area (Å²) in [6.07, 6.45) is 1.68. The van der Waals surface area contributed by atoms with E-state index in [-0.39, 0.29) is 17.7 Å². The summed E-state index contributed by atoms with van der Waals surface area (Å²) in [4.78, 5) is 28.9. The monoisotopic (exact) mass is 623 g/mol. The predicted molar refractivity (Wildman–Crippen MR) is 158 cm³/mol. The summed E-state index contributed by atoms with van der Waals surface area (Å²) in [7, 11) is 1.59. The Balaban J connectivity index is 1.14. The minimum Gasteiger partial charge on any atom is -0.497 e. The number of aliphatic hydroxyl groups excluding tert-OH is 1. The molecule has 11 heteroatoms. The van der Waals surface area contributed by atoms with E-state index >= 15 is 0 Å². The van der Waals surface area contributed by atoms with Crippen LogP contribution < -0.4 is 10.5 Å². The van der Waals surface area contributed by atoms with E-state index in [0.717, 1.165) is 58.4 Å². The molecule has 0 saturated carbocycles. The van der Waals surface area contributed by atoms with Gasteiger partial charge in [-0.15, -0.1) is 0 Å². The zero-order valence-corrected chi connectivity index (χ0v) is 24.8. The zero-order valence-electron chi connectivity index (χ0n) is 23.3. The smallest absolute Gasteiger partial charge is 0.420 e. The van der Waals surface area contributed by atoms with E-state index in [2.05, 4.69) is 20.8 Å². The van der Waals surface area contributed by atoms with Crippen molar-refractivity contribution in [3.63, 3.8) is 0 Å². The van der Waals surface area contributed by atoms with Crippen LogP contribution in [0.2, 0.25) is 0 Å². The summed E-state index contributed by atoms with van der Waals surface area (Å²) in [6, 6.07) is 13.5. The number of benzene rings is 2. The molecule has 10 nitrogen and oxygen atoms in total. The lowest BCUT2D eigenvalue weighted by molar-refractivity contribution is -0.129. The summed E-state index contributed by atoms with van der Waals surface area (Å²) in [5, 5.41) is 16.1. The molecule has 1 unspecified atom stereocenters. The molecule has 2 aromatic carbocycles. The fourth-order valence-electron chi connectivity index (χ4n) is 6.16. The highest BCUT2D eigenvalue weighted by Crippen LogP contribution is 2.32. The largest absolute Gasteiger partial charge is 0.497 e. The van der Waals surface area contributed by atoms with Gasteiger partial charge >= 0.3 is 5.76 Å². The standard InChI is InChI=1S/C30H34BrN5O5/c1-19(37)34-14-11-26-25(18-34)29(20-3-5-21(31)6-4-20)32-35(26)17-23(38)16-33-12-9-22(10-13-33)36-27-8-7-24(40-2)15-28(27)41-30(36)39/h3-8,15,22-23,38H,9-14,16-18H2,1-2H3. The first-order valence-corrected chi connectivity index (χ1v) is 14.8. The van der Waals surface area contributed by atoms with Crippen LogP contribution in [0.4, 0.5) is 0 Å². The summed E-state index contributed by atoms with van der Waals surface area (Å²) in [5.74, 6) is 0.361. The number of hydrogen-bond acceptors (Lipinski definition) is 7. The topological polar surface area (TPSA) is 106 Å². The molecule has 6 rings (SSSR count). The van der Waals surface area contributed by atoms with Crippen molar-refractivity contribution < 1.29 is 19.1 Å². The second kappa shape index (κ2) is 11.5. The van der Waals surface area contributed by atoms with E-state index in [1.165, 1.54) is 0 Å². The number of β-amino-alcohol motifs (C(OH)–C–C–N with tert-alkyl or cyclic N) is 1. The van der Waals surface area contributed by atoms with Crippen LogP contribution in [0.15, 0.2) is 56.1 Å². The second-order valence-corrected chi connectivity index (χ2v) is 11.8. The van der Waals surface area contributed by atoms with Crippen LogP contribution in [0, 0.1) is 0 Å². The molecule has 1 atom stereocenters. The Labute approximate surface area is 246 Å². The number of ether oxygens (including phenoxy) is 1. The molecule has 2 aliphatic heterocycles. The number of piperidine rings is 1. The number of aliphatic hydroxyl groups is 1. The van der Waals surface area contributed by atoms with E-state index < -0.39 is 6.10 Å². The summed E-state index contributed by atoms with van der Waals surface area (Å²) >= 11 is 3.50. The number of carbonyl (C=O) groups is 1. The number of halogens is 1. The Bertz CT molecular complexity index is 1620. The summed E-state index contributed by atoms with van der Waals surface area (Å²) in [5.41, 5.74) is 5.30. The fourth-order valence-corrected chi connectivity index (χ4v) is 6.42. The van der Waals surface area contributed by atoms with Gasteiger partial charge in [-0.1, -0.05) is 28.1 Å². The minimum atomic E-state index is -0.607. The number of oxazole rings is 1. The van der Waals surface area contributed by atoms with Crippen LogP contribution >= 0.6 is 15.9 Å². The van der Waals surface area contributed by atoms with Gasteiger partial charge in [0.2, 0.25) is 5.91 Å². The SMILES string of the molecule is COc1ccc2c(c1)oc(=O)n2C1CCN(CC(O)Cn2nc(-c3ccc(Br)cc3)c3c2CCN(C(C)=O)C3)CC1. The first kappa shape index (κ1) is 27.7. The van der Waals surface area contributed by atoms with Gasteiger partial charge in [-0.3, -0.25) is 14.0 Å². The number of aromatic nitrogens is 3. The molecule has 2 aromatic heterocycles. The molecule has 0 spiro atoms. The van der Waals surface area contributed by atoms with Crippen molar-refractivity contribution >= 4 is 32.9 Å². The number of likely N-dealkylation sites (tertiary alicyclic amines) is 1. The molecule has 2 aliphatic rings. The number of hydrogen-bond donors (Lipinski definition) is 1. The van der Waals surface area contributed by atoms with E-state index in [0.29, 0.717) is 43.9 Å². The maximum absolute atomic E-state index is 12.7. The lowest BCUT2D eigenvalue weighted by atomic mass is 10.0. The summed E-state index contributed by atoms with van der Waals surface area (Å²) < 4.78 is 15.4. The van der Waals surface area contributed by atoms with E-state index in [1.807, 2.05) is 46.0 Å². The molecule has 216 valence electrons. The minimum absolute atomic E-state index is 0.0429. The molecular formula is C30H34BrN5O5. The third-order valence-electron chi connectivity index (χ3n) is 8.29. The number of methoxy groups -OCH3 is 1. The van der Waals surface area contributed by atoms with Gasteiger partial charge in [-0.2, -0.15) is 5.10 Å². The third kappa shape index (κ3) is 5.58. The van der Waals surface area contributed by atoms with Crippen molar-refractivity contribution in [1.82, 2.24) is 24.1 Å². The molecule has 1 N–H and O–H groups in total. The number of amides is 1. The van der Waals surface area contributed by atoms with Gasteiger partial charge in [0.25, 0.3) is 0 Å². The molecule has 0 radical (unpaired) electrons. The quantitative estimate of drug-likeness (QED) is 0.333. The van der Waals surface area contributed by atoms with E-state index in [1.54, 1.807) is 24.7 Å². The Morgan fingerprint density at radius 3 is 2.61 bits per heavy atom. The van der Waals surface area contributed by atoms with Crippen molar-refractivity contribution in [3.05, 3.63) is 68.7 Å². The van der Waals surface area contributed by atoms with Crippen molar-refractivity contribution in [2.24, 2.45) is 0 Å². The summed E-state index contributed by atoms with van der Waals surface area (Å²) in [6.45, 7) is 5.21. The van der Waals surface area contributed by atoms with Crippen LogP contribution in [0.3, 0.4) is 0 Å². The molecule has 1 saturated heterocycles. The van der Waals surface area contributed by atoms with Crippen molar-refractivity contribution in [2.75, 3.05) is 33.3 Å². The molecule has 1 amide bonds. The van der Waals surface area contributed by atoms with Crippen LogP contribution in [0.1, 0.15) is 37.1 Å². The fraction of sp³-hybridized carbons (Fsp3) is 0.433.